The lowest BCUT2D eigenvalue weighted by atomic mass is 10.1. The van der Waals surface area contributed by atoms with Crippen molar-refractivity contribution in [2.75, 3.05) is 5.32 Å². The maximum Gasteiger partial charge on any atom is 0.150 e. The summed E-state index contributed by atoms with van der Waals surface area (Å²) in [6.07, 6.45) is 8.84. The first-order valence-electron chi connectivity index (χ1n) is 9.73. The third-order valence-corrected chi connectivity index (χ3v) is 6.00. The van der Waals surface area contributed by atoms with E-state index < -0.39 is 0 Å². The van der Waals surface area contributed by atoms with Crippen LogP contribution in [0.4, 0.5) is 5.82 Å². The average Bonchev–Trinajstić information content (AvgIpc) is 3.38. The van der Waals surface area contributed by atoms with Crippen LogP contribution in [0.15, 0.2) is 71.6 Å². The molecular formula is C23H21BrN4. The molecule has 0 amide bonds. The normalized spacial score (nSPS) is 14.6. The second-order valence-electron chi connectivity index (χ2n) is 7.30. The fourth-order valence-electron chi connectivity index (χ4n) is 4.07. The Labute approximate surface area is 172 Å². The van der Waals surface area contributed by atoms with Crippen molar-refractivity contribution in [1.82, 2.24) is 14.5 Å². The van der Waals surface area contributed by atoms with Crippen LogP contribution in [0, 0.1) is 0 Å². The zero-order valence-electron chi connectivity index (χ0n) is 15.5. The van der Waals surface area contributed by atoms with Gasteiger partial charge in [-0.15, -0.1) is 0 Å². The van der Waals surface area contributed by atoms with Gasteiger partial charge in [-0.25, -0.2) is 9.97 Å². The van der Waals surface area contributed by atoms with Crippen molar-refractivity contribution in [3.05, 3.63) is 71.6 Å². The second kappa shape index (κ2) is 7.40. The lowest BCUT2D eigenvalue weighted by molar-refractivity contribution is 0.751. The van der Waals surface area contributed by atoms with Crippen LogP contribution in [-0.4, -0.2) is 20.6 Å². The zero-order chi connectivity index (χ0) is 18.9. The molecule has 0 saturated heterocycles. The van der Waals surface area contributed by atoms with Gasteiger partial charge in [0.05, 0.1) is 5.39 Å². The van der Waals surface area contributed by atoms with Crippen LogP contribution in [0.5, 0.6) is 0 Å². The highest BCUT2D eigenvalue weighted by atomic mass is 79.9. The molecule has 0 spiro atoms. The maximum atomic E-state index is 4.66. The van der Waals surface area contributed by atoms with Crippen molar-refractivity contribution < 1.29 is 0 Å². The molecule has 0 bridgehead atoms. The fraction of sp³-hybridized carbons (Fsp3) is 0.217. The number of halogens is 1. The molecule has 1 N–H and O–H groups in total. The van der Waals surface area contributed by atoms with E-state index in [0.717, 1.165) is 32.6 Å². The number of anilines is 1. The number of hydrogen-bond acceptors (Lipinski definition) is 3. The van der Waals surface area contributed by atoms with Gasteiger partial charge >= 0.3 is 0 Å². The van der Waals surface area contributed by atoms with Gasteiger partial charge in [-0.3, -0.25) is 0 Å². The molecule has 5 heteroatoms. The Balaban J connectivity index is 1.72. The number of aromatic nitrogens is 3. The predicted octanol–water partition coefficient (Wildman–Crippen LogP) is 6.20. The van der Waals surface area contributed by atoms with Gasteiger partial charge < -0.3 is 9.88 Å². The van der Waals surface area contributed by atoms with E-state index >= 15 is 0 Å². The van der Waals surface area contributed by atoms with Gasteiger partial charge in [-0.05, 0) is 42.7 Å². The molecule has 1 aliphatic carbocycles. The smallest absolute Gasteiger partial charge is 0.150 e. The summed E-state index contributed by atoms with van der Waals surface area (Å²) >= 11 is 3.53. The van der Waals surface area contributed by atoms with Crippen molar-refractivity contribution in [3.8, 4) is 16.8 Å². The van der Waals surface area contributed by atoms with Crippen molar-refractivity contribution in [2.24, 2.45) is 0 Å². The third-order valence-electron chi connectivity index (χ3n) is 5.47. The van der Waals surface area contributed by atoms with Gasteiger partial charge in [0.15, 0.2) is 5.65 Å². The van der Waals surface area contributed by atoms with Crippen LogP contribution in [-0.2, 0) is 0 Å². The summed E-state index contributed by atoms with van der Waals surface area (Å²) in [4.78, 5) is 9.30. The molecule has 2 heterocycles. The Morgan fingerprint density at radius 1 is 0.929 bits per heavy atom. The SMILES string of the molecule is Brc1ccc(-n2cc(-c3ccccc3)c3c(NC4CCCC4)ncnc32)cc1. The van der Waals surface area contributed by atoms with Gasteiger partial charge in [0.1, 0.15) is 12.1 Å². The molecule has 1 fully saturated rings. The Hall–Kier alpha value is -2.66. The summed E-state index contributed by atoms with van der Waals surface area (Å²) in [6.45, 7) is 0. The molecule has 4 nitrogen and oxygen atoms in total. The minimum atomic E-state index is 0.498. The number of benzene rings is 2. The number of hydrogen-bond donors (Lipinski definition) is 1. The lowest BCUT2D eigenvalue weighted by Gasteiger charge is -2.14. The molecule has 0 aliphatic heterocycles. The van der Waals surface area contributed by atoms with E-state index in [4.69, 9.17) is 0 Å². The first-order chi connectivity index (χ1) is 13.8. The van der Waals surface area contributed by atoms with E-state index in [1.165, 1.54) is 31.2 Å². The molecule has 0 unspecified atom stereocenters. The summed E-state index contributed by atoms with van der Waals surface area (Å²) < 4.78 is 3.22. The van der Waals surface area contributed by atoms with Gasteiger partial charge in [-0.2, -0.15) is 0 Å². The monoisotopic (exact) mass is 432 g/mol. The van der Waals surface area contributed by atoms with Crippen molar-refractivity contribution >= 4 is 32.8 Å². The minimum Gasteiger partial charge on any atom is -0.367 e. The molecule has 0 atom stereocenters. The Morgan fingerprint density at radius 2 is 1.68 bits per heavy atom. The standard InChI is InChI=1S/C23H21BrN4/c24-17-10-12-19(13-11-17)28-14-20(16-6-2-1-3-7-16)21-22(25-15-26-23(21)28)27-18-8-4-5-9-18/h1-3,6-7,10-15,18H,4-5,8-9H2,(H,25,26,27). The molecular weight excluding hydrogens is 412 g/mol. The highest BCUT2D eigenvalue weighted by molar-refractivity contribution is 9.10. The number of nitrogens with zero attached hydrogens (tertiary/aromatic N) is 3. The van der Waals surface area contributed by atoms with Gasteiger partial charge in [0.25, 0.3) is 0 Å². The topological polar surface area (TPSA) is 42.7 Å². The van der Waals surface area contributed by atoms with Crippen LogP contribution in [0.1, 0.15) is 25.7 Å². The van der Waals surface area contributed by atoms with Crippen LogP contribution in [0.2, 0.25) is 0 Å². The molecule has 5 rings (SSSR count). The average molecular weight is 433 g/mol. The van der Waals surface area contributed by atoms with E-state index in [1.807, 2.05) is 6.07 Å². The van der Waals surface area contributed by atoms with Crippen molar-refractivity contribution in [1.29, 1.82) is 0 Å². The minimum absolute atomic E-state index is 0.498. The summed E-state index contributed by atoms with van der Waals surface area (Å²) in [7, 11) is 0. The molecule has 2 aromatic heterocycles. The molecule has 2 aromatic carbocycles. The Kier molecular flexibility index (Phi) is 4.61. The quantitative estimate of drug-likeness (QED) is 0.417. The summed E-state index contributed by atoms with van der Waals surface area (Å²) in [5, 5.41) is 4.78. The van der Waals surface area contributed by atoms with Gasteiger partial charge in [-0.1, -0.05) is 59.1 Å². The molecule has 4 aromatic rings. The van der Waals surface area contributed by atoms with Gasteiger partial charge in [0, 0.05) is 28.0 Å². The van der Waals surface area contributed by atoms with Crippen LogP contribution in [0.25, 0.3) is 27.8 Å². The van der Waals surface area contributed by atoms with Gasteiger partial charge in [0.2, 0.25) is 0 Å². The first-order valence-corrected chi connectivity index (χ1v) is 10.5. The lowest BCUT2D eigenvalue weighted by Crippen LogP contribution is -2.15. The summed E-state index contributed by atoms with van der Waals surface area (Å²) in [5.74, 6) is 0.937. The van der Waals surface area contributed by atoms with Crippen molar-refractivity contribution in [3.63, 3.8) is 0 Å². The predicted molar refractivity (Wildman–Crippen MR) is 118 cm³/mol. The highest BCUT2D eigenvalue weighted by Crippen LogP contribution is 2.36. The number of nitrogens with one attached hydrogen (secondary N) is 1. The van der Waals surface area contributed by atoms with E-state index in [2.05, 4.69) is 90.5 Å². The van der Waals surface area contributed by atoms with Crippen LogP contribution < -0.4 is 5.32 Å². The van der Waals surface area contributed by atoms with E-state index in [0.29, 0.717) is 6.04 Å². The van der Waals surface area contributed by atoms with Crippen LogP contribution >= 0.6 is 15.9 Å². The maximum absolute atomic E-state index is 4.66. The Morgan fingerprint density at radius 3 is 2.43 bits per heavy atom. The fourth-order valence-corrected chi connectivity index (χ4v) is 4.33. The Bertz CT molecular complexity index is 1100. The number of fused-ring (bicyclic) bond motifs is 1. The van der Waals surface area contributed by atoms with E-state index in [1.54, 1.807) is 6.33 Å². The molecule has 140 valence electrons. The third kappa shape index (κ3) is 3.20. The van der Waals surface area contributed by atoms with Crippen LogP contribution in [0.3, 0.4) is 0 Å². The summed E-state index contributed by atoms with van der Waals surface area (Å²) in [6, 6.07) is 19.3. The zero-order valence-corrected chi connectivity index (χ0v) is 17.1. The van der Waals surface area contributed by atoms with Crippen molar-refractivity contribution in [2.45, 2.75) is 31.7 Å². The highest BCUT2D eigenvalue weighted by Gasteiger charge is 2.21. The molecule has 0 radical (unpaired) electrons. The molecule has 1 aliphatic rings. The largest absolute Gasteiger partial charge is 0.367 e. The summed E-state index contributed by atoms with van der Waals surface area (Å²) in [5.41, 5.74) is 4.34. The van der Waals surface area contributed by atoms with E-state index in [9.17, 15) is 0 Å². The molecule has 28 heavy (non-hydrogen) atoms. The second-order valence-corrected chi connectivity index (χ2v) is 8.22. The molecule has 1 saturated carbocycles. The number of rotatable bonds is 4. The first kappa shape index (κ1) is 17.4. The van der Waals surface area contributed by atoms with E-state index in [-0.39, 0.29) is 0 Å².